The zero-order chi connectivity index (χ0) is 18.0. The summed E-state index contributed by atoms with van der Waals surface area (Å²) in [5, 5.41) is 16.0. The van der Waals surface area contributed by atoms with Crippen molar-refractivity contribution in [3.8, 4) is 11.1 Å². The first-order valence-electron chi connectivity index (χ1n) is 7.11. The van der Waals surface area contributed by atoms with Crippen LogP contribution in [0.3, 0.4) is 0 Å². The van der Waals surface area contributed by atoms with Crippen LogP contribution in [-0.4, -0.2) is 11.9 Å². The van der Waals surface area contributed by atoms with E-state index < -0.39 is 17.7 Å². The quantitative estimate of drug-likeness (QED) is 0.612. The molecule has 0 bridgehead atoms. The predicted octanol–water partition coefficient (Wildman–Crippen LogP) is 0.937. The molecule has 0 saturated heterocycles. The Kier molecular flexibility index (Phi) is 7.14. The summed E-state index contributed by atoms with van der Waals surface area (Å²) in [6.45, 7) is 0. The Morgan fingerprint density at radius 1 is 1.04 bits per heavy atom. The van der Waals surface area contributed by atoms with Crippen LogP contribution in [0, 0.1) is 5.82 Å². The molecule has 0 atom stereocenters. The molecule has 0 spiro atoms. The zero-order valence-electron chi connectivity index (χ0n) is 13.6. The van der Waals surface area contributed by atoms with Gasteiger partial charge >= 0.3 is 29.6 Å². The third-order valence-corrected chi connectivity index (χ3v) is 4.91. The van der Waals surface area contributed by atoms with E-state index in [1.807, 2.05) is 0 Å². The van der Waals surface area contributed by atoms with Gasteiger partial charge in [-0.05, 0) is 42.0 Å². The van der Waals surface area contributed by atoms with E-state index in [0.717, 1.165) is 27.9 Å². The molecule has 1 heterocycles. The van der Waals surface area contributed by atoms with Crippen LogP contribution in [0.4, 0.5) is 9.39 Å². The van der Waals surface area contributed by atoms with Gasteiger partial charge in [-0.25, -0.2) is 4.39 Å². The maximum atomic E-state index is 12.9. The average molecular weight is 442 g/mol. The van der Waals surface area contributed by atoms with Gasteiger partial charge in [-0.1, -0.05) is 28.1 Å². The van der Waals surface area contributed by atoms with Crippen LogP contribution in [-0.2, 0) is 0 Å². The second kappa shape index (κ2) is 8.92. The first kappa shape index (κ1) is 20.8. The molecule has 2 aromatic carbocycles. The van der Waals surface area contributed by atoms with E-state index in [2.05, 4.69) is 21.2 Å². The molecule has 0 radical (unpaired) electrons. The molecule has 0 fully saturated rings. The van der Waals surface area contributed by atoms with Gasteiger partial charge in [0.15, 0.2) is 0 Å². The number of hydrogen-bond donors (Lipinski definition) is 1. The summed E-state index contributed by atoms with van der Waals surface area (Å²) < 4.78 is 13.8. The number of halogens is 2. The van der Waals surface area contributed by atoms with E-state index in [0.29, 0.717) is 11.1 Å². The van der Waals surface area contributed by atoms with Crippen LogP contribution >= 0.6 is 27.3 Å². The molecule has 126 valence electrons. The van der Waals surface area contributed by atoms with E-state index >= 15 is 0 Å². The van der Waals surface area contributed by atoms with Gasteiger partial charge in [-0.2, -0.15) is 0 Å². The summed E-state index contributed by atoms with van der Waals surface area (Å²) in [6.07, 6.45) is 0. The summed E-state index contributed by atoms with van der Waals surface area (Å²) in [5.74, 6) is -2.36. The number of carbonyl (C=O) groups excluding carboxylic acids is 2. The fraction of sp³-hybridized carbons (Fsp3) is 0. The number of carbonyl (C=O) groups is 2. The average Bonchev–Trinajstić information content (AvgIpc) is 3.00. The fourth-order valence-corrected chi connectivity index (χ4v) is 3.49. The van der Waals surface area contributed by atoms with Crippen LogP contribution in [0.25, 0.3) is 11.1 Å². The second-order valence-corrected chi connectivity index (χ2v) is 6.90. The molecular weight excluding hydrogens is 432 g/mol. The van der Waals surface area contributed by atoms with Crippen molar-refractivity contribution in [2.45, 2.75) is 0 Å². The van der Waals surface area contributed by atoms with Crippen molar-refractivity contribution in [3.63, 3.8) is 0 Å². The van der Waals surface area contributed by atoms with Gasteiger partial charge < -0.3 is 15.2 Å². The van der Waals surface area contributed by atoms with Gasteiger partial charge in [0.25, 0.3) is 5.91 Å². The standard InChI is InChI=1S/C18H11BrFNO3S.Na/c19-12-5-1-10(2-6-12)14-9-25-17(15(14)18(23)24)21-16(22)11-3-7-13(20)8-4-11;/h1-9H,(H,21,22)(H,23,24);/q;+1/p-1. The Hall–Kier alpha value is -1.51. The Bertz CT molecular complexity index is 942. The van der Waals surface area contributed by atoms with Gasteiger partial charge in [0.2, 0.25) is 0 Å². The number of aromatic carboxylic acids is 1. The number of hydrogen-bond acceptors (Lipinski definition) is 4. The molecule has 1 amide bonds. The van der Waals surface area contributed by atoms with Crippen LogP contribution in [0.15, 0.2) is 58.4 Å². The molecule has 1 aromatic heterocycles. The van der Waals surface area contributed by atoms with E-state index in [9.17, 15) is 19.1 Å². The third-order valence-electron chi connectivity index (χ3n) is 3.48. The van der Waals surface area contributed by atoms with Gasteiger partial charge in [-0.15, -0.1) is 11.3 Å². The SMILES string of the molecule is O=C(Nc1scc(-c2ccc(Br)cc2)c1C(=O)[O-])c1ccc(F)cc1.[Na+]. The first-order valence-corrected chi connectivity index (χ1v) is 8.78. The van der Waals surface area contributed by atoms with Crippen molar-refractivity contribution in [2.75, 3.05) is 5.32 Å². The monoisotopic (exact) mass is 441 g/mol. The van der Waals surface area contributed by atoms with Gasteiger partial charge in [-0.3, -0.25) is 4.79 Å². The molecule has 26 heavy (non-hydrogen) atoms. The number of nitrogens with one attached hydrogen (secondary N) is 1. The van der Waals surface area contributed by atoms with E-state index in [1.54, 1.807) is 29.6 Å². The summed E-state index contributed by atoms with van der Waals surface area (Å²) in [7, 11) is 0. The summed E-state index contributed by atoms with van der Waals surface area (Å²) >= 11 is 4.42. The van der Waals surface area contributed by atoms with Gasteiger partial charge in [0, 0.05) is 26.5 Å². The number of carboxylic acid groups (broad SMARTS) is 1. The third kappa shape index (κ3) is 4.61. The summed E-state index contributed by atoms with van der Waals surface area (Å²) in [6, 6.07) is 12.1. The number of benzene rings is 2. The van der Waals surface area contributed by atoms with Crippen molar-refractivity contribution in [1.29, 1.82) is 0 Å². The normalized spacial score (nSPS) is 10.1. The number of thiophene rings is 1. The zero-order valence-corrected chi connectivity index (χ0v) is 18.0. The molecular formula is C18H10BrFNNaO3S. The number of amides is 1. The van der Waals surface area contributed by atoms with E-state index in [4.69, 9.17) is 0 Å². The predicted molar refractivity (Wildman–Crippen MR) is 96.1 cm³/mol. The largest absolute Gasteiger partial charge is 1.00 e. The van der Waals surface area contributed by atoms with Gasteiger partial charge in [0.05, 0.1) is 5.97 Å². The molecule has 1 N–H and O–H groups in total. The molecule has 0 aliphatic heterocycles. The summed E-state index contributed by atoms with van der Waals surface area (Å²) in [4.78, 5) is 23.8. The molecule has 3 rings (SSSR count). The fourth-order valence-electron chi connectivity index (χ4n) is 2.27. The Balaban J connectivity index is 0.00000243. The maximum Gasteiger partial charge on any atom is 1.00 e. The Labute approximate surface area is 183 Å². The van der Waals surface area contributed by atoms with E-state index in [-0.39, 0.29) is 45.7 Å². The van der Waals surface area contributed by atoms with Crippen molar-refractivity contribution in [2.24, 2.45) is 0 Å². The first-order chi connectivity index (χ1) is 12.0. The van der Waals surface area contributed by atoms with Crippen molar-refractivity contribution in [1.82, 2.24) is 0 Å². The minimum Gasteiger partial charge on any atom is -0.545 e. The minimum absolute atomic E-state index is 0. The van der Waals surface area contributed by atoms with E-state index in [1.165, 1.54) is 12.1 Å². The van der Waals surface area contributed by atoms with Gasteiger partial charge in [0.1, 0.15) is 10.8 Å². The number of carboxylic acids is 1. The molecule has 4 nitrogen and oxygen atoms in total. The van der Waals surface area contributed by atoms with Crippen LogP contribution < -0.4 is 40.0 Å². The topological polar surface area (TPSA) is 69.2 Å². The minimum atomic E-state index is -1.38. The van der Waals surface area contributed by atoms with Crippen molar-refractivity contribution in [3.05, 3.63) is 75.3 Å². The van der Waals surface area contributed by atoms with Crippen molar-refractivity contribution < 1.29 is 48.6 Å². The van der Waals surface area contributed by atoms with Crippen LogP contribution in [0.5, 0.6) is 0 Å². The summed E-state index contributed by atoms with van der Waals surface area (Å²) in [5.41, 5.74) is 1.31. The Morgan fingerprint density at radius 2 is 1.65 bits per heavy atom. The molecule has 0 saturated carbocycles. The number of rotatable bonds is 4. The molecule has 0 aliphatic carbocycles. The second-order valence-electron chi connectivity index (χ2n) is 5.11. The van der Waals surface area contributed by atoms with Crippen LogP contribution in [0.2, 0.25) is 0 Å². The number of anilines is 1. The maximum absolute atomic E-state index is 12.9. The molecule has 0 aliphatic rings. The molecule has 8 heteroatoms. The van der Waals surface area contributed by atoms with Crippen LogP contribution in [0.1, 0.15) is 20.7 Å². The Morgan fingerprint density at radius 3 is 2.23 bits per heavy atom. The molecule has 3 aromatic rings. The smallest absolute Gasteiger partial charge is 0.545 e. The molecule has 0 unspecified atom stereocenters. The van der Waals surface area contributed by atoms with Crippen molar-refractivity contribution >= 4 is 44.1 Å².